The Morgan fingerprint density at radius 1 is 1.09 bits per heavy atom. The third-order valence-corrected chi connectivity index (χ3v) is 6.85. The number of aromatic nitrogens is 1. The number of hydrogen-bond acceptors (Lipinski definition) is 4. The average molecular weight is 503 g/mol. The lowest BCUT2D eigenvalue weighted by Crippen LogP contribution is -2.28. The van der Waals surface area contributed by atoms with Crippen LogP contribution < -0.4 is 10.5 Å². The number of primary amides is 1. The smallest absolute Gasteiger partial charge is 0.309 e. The minimum absolute atomic E-state index is 0.119. The number of halogens is 1. The first-order valence-corrected chi connectivity index (χ1v) is 12.2. The van der Waals surface area contributed by atoms with Crippen LogP contribution in [0, 0.1) is 5.41 Å². The van der Waals surface area contributed by atoms with Crippen LogP contribution in [0.1, 0.15) is 45.9 Å². The molecule has 0 saturated heterocycles. The molecule has 2 aromatic carbocycles. The van der Waals surface area contributed by atoms with Gasteiger partial charge < -0.3 is 20.1 Å². The molecular weight excluding hydrogens is 472 g/mol. The van der Waals surface area contributed by atoms with Crippen molar-refractivity contribution in [1.82, 2.24) is 4.57 Å². The molecule has 0 aliphatic carbocycles. The van der Waals surface area contributed by atoms with E-state index in [9.17, 15) is 14.7 Å². The molecule has 0 saturated carbocycles. The second-order valence-electron chi connectivity index (χ2n) is 10.0. The number of rotatable bonds is 9. The maximum atomic E-state index is 12.1. The number of carboxylic acid groups (broad SMARTS) is 1. The first kappa shape index (κ1) is 26.0. The summed E-state index contributed by atoms with van der Waals surface area (Å²) in [6.45, 7) is 10.2. The molecular formula is C26H31ClN2O4S. The van der Waals surface area contributed by atoms with Crippen LogP contribution in [0.15, 0.2) is 47.4 Å². The average Bonchev–Trinajstić information content (AvgIpc) is 2.98. The van der Waals surface area contributed by atoms with Crippen LogP contribution in [0.5, 0.6) is 5.75 Å². The predicted molar refractivity (Wildman–Crippen MR) is 138 cm³/mol. The number of thioether (sulfide) groups is 1. The lowest BCUT2D eigenvalue weighted by Gasteiger charge is -2.24. The molecule has 0 bridgehead atoms. The van der Waals surface area contributed by atoms with Gasteiger partial charge >= 0.3 is 5.97 Å². The molecule has 34 heavy (non-hydrogen) atoms. The second-order valence-corrected chi connectivity index (χ2v) is 12.3. The number of carbonyl (C=O) groups excluding carboxylic acids is 1. The number of fused-ring (bicyclic) bond motifs is 1. The van der Waals surface area contributed by atoms with Crippen molar-refractivity contribution in [1.29, 1.82) is 0 Å². The summed E-state index contributed by atoms with van der Waals surface area (Å²) in [5.74, 6) is -0.865. The molecule has 182 valence electrons. The molecule has 1 heterocycles. The lowest BCUT2D eigenvalue weighted by molar-refractivity contribution is -0.146. The van der Waals surface area contributed by atoms with Gasteiger partial charge in [0.1, 0.15) is 5.75 Å². The van der Waals surface area contributed by atoms with Crippen LogP contribution in [0.4, 0.5) is 0 Å². The van der Waals surface area contributed by atoms with Crippen molar-refractivity contribution >= 4 is 46.1 Å². The number of amides is 1. The van der Waals surface area contributed by atoms with E-state index in [4.69, 9.17) is 22.1 Å². The number of carbonyl (C=O) groups is 2. The Morgan fingerprint density at radius 2 is 1.74 bits per heavy atom. The van der Waals surface area contributed by atoms with Gasteiger partial charge in [-0.1, -0.05) is 44.5 Å². The molecule has 3 rings (SSSR count). The molecule has 1 amide bonds. The summed E-state index contributed by atoms with van der Waals surface area (Å²) in [6, 6.07) is 13.3. The molecule has 8 heteroatoms. The van der Waals surface area contributed by atoms with Crippen molar-refractivity contribution < 1.29 is 19.4 Å². The van der Waals surface area contributed by atoms with E-state index in [0.29, 0.717) is 23.7 Å². The van der Waals surface area contributed by atoms with E-state index in [-0.39, 0.29) is 11.4 Å². The van der Waals surface area contributed by atoms with Crippen molar-refractivity contribution in [3.8, 4) is 5.75 Å². The van der Waals surface area contributed by atoms with Gasteiger partial charge in [-0.15, -0.1) is 11.8 Å². The van der Waals surface area contributed by atoms with Gasteiger partial charge in [0.15, 0.2) is 6.61 Å². The summed E-state index contributed by atoms with van der Waals surface area (Å²) in [5, 5.41) is 11.5. The van der Waals surface area contributed by atoms with Crippen molar-refractivity contribution in [3.05, 3.63) is 58.7 Å². The molecule has 3 aromatic rings. The number of nitrogens with zero attached hydrogens (tertiary/aromatic N) is 1. The predicted octanol–water partition coefficient (Wildman–Crippen LogP) is 5.75. The highest BCUT2D eigenvalue weighted by atomic mass is 35.5. The van der Waals surface area contributed by atoms with Crippen LogP contribution in [0.25, 0.3) is 10.9 Å². The standard InChI is InChI=1S/C26H31ClN2O4S/c1-25(2,3)34-23-19-12-18(33-15-22(28)30)10-11-20(19)29(14-16-6-8-17(27)9-7-16)21(23)13-26(4,5)24(31)32/h6-12H,13-15H2,1-5H3,(H2,28,30)(H,31,32). The molecule has 0 unspecified atom stereocenters. The fraction of sp³-hybridized carbons (Fsp3) is 0.385. The Kier molecular flexibility index (Phi) is 7.58. The molecule has 0 aliphatic heterocycles. The van der Waals surface area contributed by atoms with Gasteiger partial charge in [0.05, 0.1) is 5.41 Å². The lowest BCUT2D eigenvalue weighted by atomic mass is 9.88. The number of ether oxygens (including phenoxy) is 1. The largest absolute Gasteiger partial charge is 0.484 e. The summed E-state index contributed by atoms with van der Waals surface area (Å²) in [5.41, 5.74) is 7.25. The van der Waals surface area contributed by atoms with Crippen LogP contribution in [0.2, 0.25) is 5.02 Å². The normalized spacial score (nSPS) is 12.2. The maximum absolute atomic E-state index is 12.1. The summed E-state index contributed by atoms with van der Waals surface area (Å²) in [7, 11) is 0. The van der Waals surface area contributed by atoms with Crippen molar-refractivity contribution in [2.24, 2.45) is 11.1 Å². The first-order valence-electron chi connectivity index (χ1n) is 11.0. The Labute approximate surface area is 209 Å². The molecule has 0 atom stereocenters. The van der Waals surface area contributed by atoms with E-state index >= 15 is 0 Å². The molecule has 0 radical (unpaired) electrons. The van der Waals surface area contributed by atoms with Crippen LogP contribution in [-0.4, -0.2) is 32.9 Å². The zero-order valence-corrected chi connectivity index (χ0v) is 21.7. The number of aliphatic carboxylic acids is 1. The van der Waals surface area contributed by atoms with Gasteiger partial charge in [0.25, 0.3) is 5.91 Å². The van der Waals surface area contributed by atoms with Gasteiger partial charge in [0.2, 0.25) is 0 Å². The zero-order valence-electron chi connectivity index (χ0n) is 20.1. The zero-order chi connectivity index (χ0) is 25.3. The minimum atomic E-state index is -0.968. The Balaban J connectivity index is 2.25. The maximum Gasteiger partial charge on any atom is 0.309 e. The Bertz CT molecular complexity index is 1210. The van der Waals surface area contributed by atoms with Gasteiger partial charge in [0, 0.05) is 44.2 Å². The SMILES string of the molecule is CC(C)(C)Sc1c(CC(C)(C)C(=O)O)n(Cc2ccc(Cl)cc2)c2ccc(OCC(N)=O)cc12. The Morgan fingerprint density at radius 3 is 2.29 bits per heavy atom. The topological polar surface area (TPSA) is 94.5 Å². The molecule has 0 aliphatic rings. The second kappa shape index (κ2) is 9.92. The van der Waals surface area contributed by atoms with Gasteiger partial charge in [-0.3, -0.25) is 9.59 Å². The van der Waals surface area contributed by atoms with Crippen LogP contribution >= 0.6 is 23.4 Å². The van der Waals surface area contributed by atoms with Crippen LogP contribution in [-0.2, 0) is 22.6 Å². The fourth-order valence-electron chi connectivity index (χ4n) is 3.64. The van der Waals surface area contributed by atoms with E-state index in [1.165, 1.54) is 0 Å². The van der Waals surface area contributed by atoms with E-state index < -0.39 is 17.3 Å². The summed E-state index contributed by atoms with van der Waals surface area (Å²) in [4.78, 5) is 24.3. The van der Waals surface area contributed by atoms with Crippen molar-refractivity contribution in [2.75, 3.05) is 6.61 Å². The molecule has 0 fully saturated rings. The highest BCUT2D eigenvalue weighted by molar-refractivity contribution is 8.00. The summed E-state index contributed by atoms with van der Waals surface area (Å²) >= 11 is 7.78. The minimum Gasteiger partial charge on any atom is -0.484 e. The number of carboxylic acids is 1. The van der Waals surface area contributed by atoms with Gasteiger partial charge in [-0.05, 0) is 49.7 Å². The molecule has 0 spiro atoms. The fourth-order valence-corrected chi connectivity index (χ4v) is 4.96. The quantitative estimate of drug-likeness (QED) is 0.363. The first-order chi connectivity index (χ1) is 15.8. The highest BCUT2D eigenvalue weighted by Gasteiger charge is 2.32. The number of nitrogens with two attached hydrogens (primary N) is 1. The van der Waals surface area contributed by atoms with E-state index in [0.717, 1.165) is 27.1 Å². The van der Waals surface area contributed by atoms with E-state index in [1.807, 2.05) is 36.4 Å². The monoisotopic (exact) mass is 502 g/mol. The molecule has 1 aromatic heterocycles. The van der Waals surface area contributed by atoms with E-state index in [2.05, 4.69) is 25.3 Å². The van der Waals surface area contributed by atoms with Crippen LogP contribution in [0.3, 0.4) is 0 Å². The third-order valence-electron chi connectivity index (χ3n) is 5.32. The summed E-state index contributed by atoms with van der Waals surface area (Å²) < 4.78 is 7.63. The number of benzene rings is 2. The van der Waals surface area contributed by atoms with E-state index in [1.54, 1.807) is 31.7 Å². The van der Waals surface area contributed by atoms with Gasteiger partial charge in [-0.25, -0.2) is 0 Å². The van der Waals surface area contributed by atoms with Gasteiger partial charge in [-0.2, -0.15) is 0 Å². The molecule has 3 N–H and O–H groups in total. The van der Waals surface area contributed by atoms with Crippen molar-refractivity contribution in [2.45, 2.75) is 57.2 Å². The highest BCUT2D eigenvalue weighted by Crippen LogP contribution is 2.44. The number of hydrogen-bond donors (Lipinski definition) is 2. The Hall–Kier alpha value is -2.64. The van der Waals surface area contributed by atoms with Crippen molar-refractivity contribution in [3.63, 3.8) is 0 Å². The summed E-state index contributed by atoms with van der Waals surface area (Å²) in [6.07, 6.45) is 0.348. The molecule has 6 nitrogen and oxygen atoms in total. The third kappa shape index (κ3) is 6.27.